The number of hydrogen-bond donors (Lipinski definition) is 1. The van der Waals surface area contributed by atoms with Gasteiger partial charge in [-0.15, -0.1) is 0 Å². The molecule has 0 radical (unpaired) electrons. The lowest BCUT2D eigenvalue weighted by atomic mass is 9.96. The van der Waals surface area contributed by atoms with Gasteiger partial charge in [0.25, 0.3) is 0 Å². The van der Waals surface area contributed by atoms with Crippen LogP contribution in [0.25, 0.3) is 0 Å². The van der Waals surface area contributed by atoms with Gasteiger partial charge >= 0.3 is 0 Å². The number of anilines is 1. The van der Waals surface area contributed by atoms with E-state index >= 15 is 0 Å². The Bertz CT molecular complexity index is 1170. The van der Waals surface area contributed by atoms with Crippen molar-refractivity contribution in [3.05, 3.63) is 98.5 Å². The number of benzene rings is 3. The van der Waals surface area contributed by atoms with E-state index in [-0.39, 0.29) is 17.6 Å². The Morgan fingerprint density at radius 3 is 2.42 bits per heavy atom. The maximum Gasteiger partial charge on any atom is 0.228 e. The van der Waals surface area contributed by atoms with E-state index in [0.29, 0.717) is 45.0 Å². The molecule has 0 spiro atoms. The van der Waals surface area contributed by atoms with Crippen molar-refractivity contribution in [3.8, 4) is 0 Å². The average molecular weight is 502 g/mol. The van der Waals surface area contributed by atoms with Gasteiger partial charge in [0.05, 0.1) is 11.6 Å². The highest BCUT2D eigenvalue weighted by Gasteiger charge is 2.27. The molecule has 4 nitrogen and oxygen atoms in total. The second-order valence-corrected chi connectivity index (χ2v) is 9.46. The molecule has 7 heteroatoms. The fourth-order valence-corrected chi connectivity index (χ4v) is 4.74. The minimum absolute atomic E-state index is 0.105. The molecule has 3 aromatic rings. The van der Waals surface area contributed by atoms with Crippen LogP contribution in [0, 0.1) is 5.92 Å². The fourth-order valence-electron chi connectivity index (χ4n) is 4.10. The smallest absolute Gasteiger partial charge is 0.228 e. The molecular formula is C26H23Cl3N2O2. The number of carbonyl (C=O) groups is 2. The first-order valence-electron chi connectivity index (χ1n) is 10.8. The summed E-state index contributed by atoms with van der Waals surface area (Å²) < 4.78 is 0. The van der Waals surface area contributed by atoms with Crippen molar-refractivity contribution in [3.63, 3.8) is 0 Å². The maximum absolute atomic E-state index is 13.1. The molecule has 170 valence electrons. The Labute approximate surface area is 208 Å². The Morgan fingerprint density at radius 2 is 1.67 bits per heavy atom. The molecule has 0 unspecified atom stereocenters. The van der Waals surface area contributed by atoms with Gasteiger partial charge < -0.3 is 5.32 Å². The van der Waals surface area contributed by atoms with Crippen LogP contribution in [0.4, 0.5) is 5.69 Å². The number of nitrogens with zero attached hydrogens (tertiary/aromatic N) is 1. The van der Waals surface area contributed by atoms with Crippen LogP contribution < -0.4 is 5.32 Å². The molecule has 1 aliphatic heterocycles. The lowest BCUT2D eigenvalue weighted by Gasteiger charge is -2.32. The summed E-state index contributed by atoms with van der Waals surface area (Å²) in [5.74, 6) is -0.484. The van der Waals surface area contributed by atoms with Crippen LogP contribution in [0.2, 0.25) is 15.1 Å². The fraction of sp³-hybridized carbons (Fsp3) is 0.231. The van der Waals surface area contributed by atoms with Crippen molar-refractivity contribution < 1.29 is 9.59 Å². The maximum atomic E-state index is 13.1. The van der Waals surface area contributed by atoms with E-state index in [0.717, 1.165) is 24.9 Å². The van der Waals surface area contributed by atoms with Crippen molar-refractivity contribution in [2.24, 2.45) is 5.92 Å². The van der Waals surface area contributed by atoms with Gasteiger partial charge in [-0.05, 0) is 55.3 Å². The number of ketones is 1. The van der Waals surface area contributed by atoms with E-state index in [9.17, 15) is 9.59 Å². The normalized spacial score (nSPS) is 16.4. The molecule has 0 saturated carbocycles. The summed E-state index contributed by atoms with van der Waals surface area (Å²) >= 11 is 18.5. The van der Waals surface area contributed by atoms with Crippen LogP contribution in [0.5, 0.6) is 0 Å². The number of amides is 1. The highest BCUT2D eigenvalue weighted by atomic mass is 35.5. The lowest BCUT2D eigenvalue weighted by molar-refractivity contribution is -0.121. The average Bonchev–Trinajstić information content (AvgIpc) is 2.82. The molecule has 33 heavy (non-hydrogen) atoms. The molecule has 1 fully saturated rings. The van der Waals surface area contributed by atoms with Gasteiger partial charge in [0.15, 0.2) is 5.78 Å². The van der Waals surface area contributed by atoms with Crippen molar-refractivity contribution in [1.82, 2.24) is 4.90 Å². The lowest BCUT2D eigenvalue weighted by Crippen LogP contribution is -2.40. The molecule has 1 heterocycles. The molecule has 1 saturated heterocycles. The SMILES string of the molecule is O=C(c1ccccc1)c1cc(Cl)ccc1NC(=O)[C@@H]1CCCN(Cc2ccc(Cl)cc2Cl)C1. The summed E-state index contributed by atoms with van der Waals surface area (Å²) in [6.45, 7) is 2.15. The van der Waals surface area contributed by atoms with Gasteiger partial charge in [0.2, 0.25) is 5.91 Å². The molecule has 0 aromatic heterocycles. The summed E-state index contributed by atoms with van der Waals surface area (Å²) in [4.78, 5) is 28.4. The quantitative estimate of drug-likeness (QED) is 0.381. The largest absolute Gasteiger partial charge is 0.325 e. The number of rotatable bonds is 6. The Morgan fingerprint density at radius 1 is 0.939 bits per heavy atom. The predicted octanol–water partition coefficient (Wildman–Crippen LogP) is 6.73. The predicted molar refractivity (Wildman–Crippen MR) is 134 cm³/mol. The van der Waals surface area contributed by atoms with Crippen LogP contribution in [0.1, 0.15) is 34.3 Å². The van der Waals surface area contributed by atoms with E-state index in [1.165, 1.54) is 0 Å². The molecule has 1 aliphatic rings. The van der Waals surface area contributed by atoms with Crippen LogP contribution in [0.3, 0.4) is 0 Å². The van der Waals surface area contributed by atoms with E-state index in [1.807, 2.05) is 18.2 Å². The second-order valence-electron chi connectivity index (χ2n) is 8.18. The van der Waals surface area contributed by atoms with Crippen LogP contribution in [-0.2, 0) is 11.3 Å². The third kappa shape index (κ3) is 5.96. The summed E-state index contributed by atoms with van der Waals surface area (Å²) in [6, 6.07) is 19.4. The monoisotopic (exact) mass is 500 g/mol. The Kier molecular flexibility index (Phi) is 7.71. The van der Waals surface area contributed by atoms with Gasteiger partial charge in [-0.2, -0.15) is 0 Å². The van der Waals surface area contributed by atoms with E-state index in [4.69, 9.17) is 34.8 Å². The first-order valence-corrected chi connectivity index (χ1v) is 11.9. The summed E-state index contributed by atoms with van der Waals surface area (Å²) in [6.07, 6.45) is 1.69. The van der Waals surface area contributed by atoms with Gasteiger partial charge in [-0.1, -0.05) is 71.2 Å². The highest BCUT2D eigenvalue weighted by molar-refractivity contribution is 6.35. The summed E-state index contributed by atoms with van der Waals surface area (Å²) in [5.41, 5.74) is 2.37. The number of likely N-dealkylation sites (tertiary alicyclic amines) is 1. The molecule has 3 aromatic carbocycles. The number of hydrogen-bond acceptors (Lipinski definition) is 3. The van der Waals surface area contributed by atoms with E-state index < -0.39 is 0 Å². The molecular weight excluding hydrogens is 479 g/mol. The Balaban J connectivity index is 1.47. The number of piperidine rings is 1. The standard InChI is InChI=1S/C26H23Cl3N2O2/c27-20-10-11-24(22(13-20)25(32)17-5-2-1-3-6-17)30-26(33)19-7-4-12-31(16-19)15-18-8-9-21(28)14-23(18)29/h1-3,5-6,8-11,13-14,19H,4,7,12,15-16H2,(H,30,33)/t19-/m1/s1. The van der Waals surface area contributed by atoms with Crippen molar-refractivity contribution in [1.29, 1.82) is 0 Å². The number of carbonyl (C=O) groups excluding carboxylic acids is 2. The van der Waals surface area contributed by atoms with Gasteiger partial charge in [0, 0.05) is 39.3 Å². The summed E-state index contributed by atoms with van der Waals surface area (Å²) in [7, 11) is 0. The molecule has 0 aliphatic carbocycles. The molecule has 1 N–H and O–H groups in total. The van der Waals surface area contributed by atoms with Crippen LogP contribution in [0.15, 0.2) is 66.7 Å². The first-order chi connectivity index (χ1) is 15.9. The molecule has 1 atom stereocenters. The second kappa shape index (κ2) is 10.7. The Hall–Kier alpha value is -2.37. The van der Waals surface area contributed by atoms with E-state index in [1.54, 1.807) is 48.5 Å². The first kappa shape index (κ1) is 23.8. The van der Waals surface area contributed by atoms with Crippen LogP contribution in [-0.4, -0.2) is 29.7 Å². The minimum atomic E-state index is -0.194. The zero-order valence-electron chi connectivity index (χ0n) is 17.9. The van der Waals surface area contributed by atoms with Crippen molar-refractivity contribution >= 4 is 52.2 Å². The van der Waals surface area contributed by atoms with E-state index in [2.05, 4.69) is 10.2 Å². The zero-order valence-corrected chi connectivity index (χ0v) is 20.1. The summed E-state index contributed by atoms with van der Waals surface area (Å²) in [5, 5.41) is 4.64. The van der Waals surface area contributed by atoms with Crippen molar-refractivity contribution in [2.75, 3.05) is 18.4 Å². The van der Waals surface area contributed by atoms with Crippen molar-refractivity contribution in [2.45, 2.75) is 19.4 Å². The number of nitrogens with one attached hydrogen (secondary N) is 1. The molecule has 4 rings (SSSR count). The van der Waals surface area contributed by atoms with Gasteiger partial charge in [-0.3, -0.25) is 14.5 Å². The highest BCUT2D eigenvalue weighted by Crippen LogP contribution is 2.27. The topological polar surface area (TPSA) is 49.4 Å². The molecule has 1 amide bonds. The molecule has 0 bridgehead atoms. The third-order valence-electron chi connectivity index (χ3n) is 5.81. The third-order valence-corrected chi connectivity index (χ3v) is 6.63. The number of halogens is 3. The van der Waals surface area contributed by atoms with Gasteiger partial charge in [0.1, 0.15) is 0 Å². The van der Waals surface area contributed by atoms with Crippen LogP contribution >= 0.6 is 34.8 Å². The minimum Gasteiger partial charge on any atom is -0.325 e. The zero-order chi connectivity index (χ0) is 23.4. The van der Waals surface area contributed by atoms with Gasteiger partial charge in [-0.25, -0.2) is 0 Å².